The lowest BCUT2D eigenvalue weighted by Crippen LogP contribution is -2.23. The molecule has 3 N–H and O–H groups in total. The highest BCUT2D eigenvalue weighted by atomic mass is 32.2. The normalized spacial score (nSPS) is 17.0. The summed E-state index contributed by atoms with van der Waals surface area (Å²) >= 11 is 0. The molecule has 0 bridgehead atoms. The molecular weight excluding hydrogens is 434 g/mol. The van der Waals surface area contributed by atoms with Crippen LogP contribution in [0.5, 0.6) is 0 Å². The molecule has 1 aliphatic heterocycles. The maximum Gasteiger partial charge on any atom is 0.419 e. The van der Waals surface area contributed by atoms with Crippen LogP contribution in [0.25, 0.3) is 0 Å². The van der Waals surface area contributed by atoms with Crippen LogP contribution in [0.4, 0.5) is 23.4 Å². The quantitative estimate of drug-likeness (QED) is 0.335. The lowest BCUT2D eigenvalue weighted by atomic mass is 9.89. The maximum atomic E-state index is 13.6. The summed E-state index contributed by atoms with van der Waals surface area (Å²) in [7, 11) is -3.63. The number of nitrogens with one attached hydrogen (secondary N) is 3. The summed E-state index contributed by atoms with van der Waals surface area (Å²) in [6, 6.07) is 2.27. The molecule has 1 aromatic carbocycles. The van der Waals surface area contributed by atoms with Gasteiger partial charge in [0.2, 0.25) is 0 Å². The minimum atomic E-state index is -4.94. The smallest absolute Gasteiger partial charge is 0.368 e. The fourth-order valence-electron chi connectivity index (χ4n) is 2.82. The number of halogens is 4. The van der Waals surface area contributed by atoms with E-state index in [-0.39, 0.29) is 35.8 Å². The Labute approximate surface area is 167 Å². The van der Waals surface area contributed by atoms with Crippen molar-refractivity contribution in [2.45, 2.75) is 12.1 Å². The van der Waals surface area contributed by atoms with Crippen molar-refractivity contribution >= 4 is 27.6 Å². The summed E-state index contributed by atoms with van der Waals surface area (Å²) in [5.41, 5.74) is 0.905. The van der Waals surface area contributed by atoms with Gasteiger partial charge in [-0.05, 0) is 17.7 Å². The van der Waals surface area contributed by atoms with E-state index in [0.717, 1.165) is 12.3 Å². The van der Waals surface area contributed by atoms with Gasteiger partial charge in [-0.2, -0.15) is 31.8 Å². The third-order valence-electron chi connectivity index (χ3n) is 4.07. The van der Waals surface area contributed by atoms with E-state index in [9.17, 15) is 30.8 Å². The summed E-state index contributed by atoms with van der Waals surface area (Å²) in [5.74, 6) is -3.15. The Balaban J connectivity index is 1.86. The van der Waals surface area contributed by atoms with E-state index in [2.05, 4.69) is 30.2 Å². The Morgan fingerprint density at radius 2 is 2.03 bits per heavy atom. The SMILES string of the molecule is CS(=O)(=O)OCCNc1[nH]ncc1C1=NNC(=O)C1c1ccc(F)c(C(F)(F)F)c1. The number of aromatic nitrogens is 2. The maximum absolute atomic E-state index is 13.6. The number of aromatic amines is 1. The number of hydrogen-bond acceptors (Lipinski definition) is 7. The molecule has 0 saturated heterocycles. The predicted octanol–water partition coefficient (Wildman–Crippen LogP) is 1.57. The molecule has 1 unspecified atom stereocenters. The first-order chi connectivity index (χ1) is 14.0. The average Bonchev–Trinajstić information content (AvgIpc) is 3.23. The van der Waals surface area contributed by atoms with E-state index in [1.165, 1.54) is 6.20 Å². The number of carbonyl (C=O) groups excluding carboxylic acids is 1. The van der Waals surface area contributed by atoms with Crippen molar-refractivity contribution in [3.63, 3.8) is 0 Å². The van der Waals surface area contributed by atoms with Crippen LogP contribution >= 0.6 is 0 Å². The largest absolute Gasteiger partial charge is 0.419 e. The van der Waals surface area contributed by atoms with E-state index in [1.54, 1.807) is 0 Å². The minimum absolute atomic E-state index is 0.0381. The predicted molar refractivity (Wildman–Crippen MR) is 96.7 cm³/mol. The van der Waals surface area contributed by atoms with Crippen LogP contribution in [0.15, 0.2) is 29.5 Å². The Bertz CT molecular complexity index is 1100. The number of benzene rings is 1. The van der Waals surface area contributed by atoms with Crippen molar-refractivity contribution in [3.8, 4) is 0 Å². The zero-order valence-electron chi connectivity index (χ0n) is 15.2. The molecule has 162 valence electrons. The van der Waals surface area contributed by atoms with Gasteiger partial charge in [0.15, 0.2) is 0 Å². The highest BCUT2D eigenvalue weighted by Gasteiger charge is 2.38. The first-order valence-corrected chi connectivity index (χ1v) is 10.1. The lowest BCUT2D eigenvalue weighted by Gasteiger charge is -2.15. The van der Waals surface area contributed by atoms with Crippen LogP contribution in [0, 0.1) is 5.82 Å². The van der Waals surface area contributed by atoms with Gasteiger partial charge in [0.1, 0.15) is 17.6 Å². The minimum Gasteiger partial charge on any atom is -0.368 e. The molecule has 0 saturated carbocycles. The molecule has 14 heteroatoms. The molecule has 30 heavy (non-hydrogen) atoms. The lowest BCUT2D eigenvalue weighted by molar-refractivity contribution is -0.140. The molecule has 1 aromatic heterocycles. The van der Waals surface area contributed by atoms with Crippen LogP contribution in [0.1, 0.15) is 22.6 Å². The third kappa shape index (κ3) is 4.76. The molecule has 0 aliphatic carbocycles. The third-order valence-corrected chi connectivity index (χ3v) is 4.66. The number of hydrogen-bond donors (Lipinski definition) is 3. The van der Waals surface area contributed by atoms with Gasteiger partial charge in [-0.25, -0.2) is 9.82 Å². The van der Waals surface area contributed by atoms with Gasteiger partial charge in [-0.1, -0.05) is 6.07 Å². The summed E-state index contributed by atoms with van der Waals surface area (Å²) in [5, 5.41) is 13.1. The van der Waals surface area contributed by atoms with Gasteiger partial charge in [0.25, 0.3) is 16.0 Å². The van der Waals surface area contributed by atoms with Crippen molar-refractivity contribution in [2.24, 2.45) is 5.10 Å². The topological polar surface area (TPSA) is 126 Å². The standard InChI is InChI=1S/C16H15F4N5O4S/c1-30(27,28)29-5-4-21-14-9(7-22-24-14)13-12(15(26)25-23-13)8-2-3-11(17)10(6-8)16(18,19)20/h2-3,6-7,12H,4-5H2,1H3,(H,25,26)(H2,21,22,24). The second-order valence-corrected chi connectivity index (χ2v) is 7.90. The van der Waals surface area contributed by atoms with Crippen molar-refractivity contribution in [1.29, 1.82) is 0 Å². The number of anilines is 1. The molecule has 0 spiro atoms. The zero-order chi connectivity index (χ0) is 22.1. The van der Waals surface area contributed by atoms with Crippen LogP contribution in [0.2, 0.25) is 0 Å². The second-order valence-electron chi connectivity index (χ2n) is 6.25. The van der Waals surface area contributed by atoms with E-state index < -0.39 is 39.5 Å². The van der Waals surface area contributed by atoms with Crippen LogP contribution in [-0.2, 0) is 25.3 Å². The Morgan fingerprint density at radius 3 is 2.70 bits per heavy atom. The fourth-order valence-corrected chi connectivity index (χ4v) is 3.20. The van der Waals surface area contributed by atoms with Gasteiger partial charge in [-0.3, -0.25) is 14.1 Å². The van der Waals surface area contributed by atoms with Crippen molar-refractivity contribution in [3.05, 3.63) is 46.9 Å². The van der Waals surface area contributed by atoms with Crippen molar-refractivity contribution < 1.29 is 35.0 Å². The highest BCUT2D eigenvalue weighted by Crippen LogP contribution is 2.35. The molecule has 1 amide bonds. The van der Waals surface area contributed by atoms with Crippen LogP contribution < -0.4 is 10.7 Å². The van der Waals surface area contributed by atoms with Gasteiger partial charge in [-0.15, -0.1) is 0 Å². The number of alkyl halides is 3. The summed E-state index contributed by atoms with van der Waals surface area (Å²) in [4.78, 5) is 12.3. The molecule has 1 atom stereocenters. The number of amides is 1. The number of nitrogens with zero attached hydrogens (tertiary/aromatic N) is 2. The first-order valence-electron chi connectivity index (χ1n) is 8.33. The molecule has 2 heterocycles. The number of carbonyl (C=O) groups is 1. The molecule has 3 rings (SSSR count). The van der Waals surface area contributed by atoms with Gasteiger partial charge >= 0.3 is 6.18 Å². The number of hydrazone groups is 1. The Kier molecular flexibility index (Phi) is 5.81. The molecule has 1 aliphatic rings. The molecule has 0 radical (unpaired) electrons. The average molecular weight is 449 g/mol. The molecular formula is C16H15F4N5O4S. The van der Waals surface area contributed by atoms with Crippen molar-refractivity contribution in [1.82, 2.24) is 15.6 Å². The van der Waals surface area contributed by atoms with E-state index in [4.69, 9.17) is 0 Å². The summed E-state index contributed by atoms with van der Waals surface area (Å²) in [6.07, 6.45) is -2.75. The molecule has 2 aromatic rings. The highest BCUT2D eigenvalue weighted by molar-refractivity contribution is 7.85. The van der Waals surface area contributed by atoms with Gasteiger partial charge in [0, 0.05) is 6.54 Å². The Morgan fingerprint density at radius 1 is 1.30 bits per heavy atom. The fraction of sp³-hybridized carbons (Fsp3) is 0.312. The van der Waals surface area contributed by atoms with Crippen molar-refractivity contribution in [2.75, 3.05) is 24.7 Å². The van der Waals surface area contributed by atoms with Crippen LogP contribution in [-0.4, -0.2) is 49.6 Å². The zero-order valence-corrected chi connectivity index (χ0v) is 16.1. The van der Waals surface area contributed by atoms with Gasteiger partial charge < -0.3 is 5.32 Å². The second kappa shape index (κ2) is 8.02. The summed E-state index contributed by atoms with van der Waals surface area (Å²) in [6.45, 7) is -0.159. The van der Waals surface area contributed by atoms with Crippen LogP contribution in [0.3, 0.4) is 0 Å². The van der Waals surface area contributed by atoms with Gasteiger partial charge in [0.05, 0.1) is 35.9 Å². The first kappa shape index (κ1) is 21.7. The monoisotopic (exact) mass is 449 g/mol. The molecule has 9 nitrogen and oxygen atoms in total. The number of H-pyrrole nitrogens is 1. The van der Waals surface area contributed by atoms with E-state index in [1.807, 2.05) is 0 Å². The van der Waals surface area contributed by atoms with E-state index >= 15 is 0 Å². The summed E-state index contributed by atoms with van der Waals surface area (Å²) < 4.78 is 79.3. The number of rotatable bonds is 7. The van der Waals surface area contributed by atoms with E-state index in [0.29, 0.717) is 12.1 Å². The Hall–Kier alpha value is -3.00. The molecule has 0 fully saturated rings.